The lowest BCUT2D eigenvalue weighted by Gasteiger charge is -2.22. The summed E-state index contributed by atoms with van der Waals surface area (Å²) in [5.74, 6) is 0.827. The van der Waals surface area contributed by atoms with E-state index < -0.39 is 0 Å². The van der Waals surface area contributed by atoms with Crippen LogP contribution in [0.25, 0.3) is 0 Å². The van der Waals surface area contributed by atoms with E-state index in [0.29, 0.717) is 6.04 Å². The van der Waals surface area contributed by atoms with Gasteiger partial charge < -0.3 is 10.2 Å². The number of likely N-dealkylation sites (N-methyl/N-ethyl adjacent to an activating group) is 1. The molecule has 1 aliphatic heterocycles. The van der Waals surface area contributed by atoms with Crippen LogP contribution in [0, 0.1) is 0 Å². The second-order valence-corrected chi connectivity index (χ2v) is 9.80. The average Bonchev–Trinajstić information content (AvgIpc) is 2.82. The summed E-state index contributed by atoms with van der Waals surface area (Å²) < 4.78 is 0. The van der Waals surface area contributed by atoms with Gasteiger partial charge in [-0.15, -0.1) is 0 Å². The van der Waals surface area contributed by atoms with Gasteiger partial charge in [-0.1, -0.05) is 70.3 Å². The Balaban J connectivity index is 1.60. The zero-order valence-electron chi connectivity index (χ0n) is 17.1. The fourth-order valence-corrected chi connectivity index (χ4v) is 4.94. The van der Waals surface area contributed by atoms with Gasteiger partial charge in [-0.2, -0.15) is 0 Å². The van der Waals surface area contributed by atoms with E-state index in [1.165, 1.54) is 44.1 Å². The molecule has 1 amide bonds. The molecule has 27 heavy (non-hydrogen) atoms. The van der Waals surface area contributed by atoms with Crippen molar-refractivity contribution < 1.29 is 4.79 Å². The summed E-state index contributed by atoms with van der Waals surface area (Å²) in [7, 11) is 2.00. The molecule has 1 atom stereocenters. The Labute approximate surface area is 168 Å². The Morgan fingerprint density at radius 1 is 1.11 bits per heavy atom. The average molecular weight is 388 g/mol. The monoisotopic (exact) mass is 387 g/mol. The molecule has 1 heterocycles. The van der Waals surface area contributed by atoms with Crippen molar-refractivity contribution in [2.75, 3.05) is 18.1 Å². The molecule has 1 saturated carbocycles. The first-order valence-electron chi connectivity index (χ1n) is 10.2. The number of amidine groups is 1. The van der Waals surface area contributed by atoms with Crippen LogP contribution in [-0.2, 0) is 10.2 Å². The van der Waals surface area contributed by atoms with Gasteiger partial charge in [0.2, 0.25) is 5.91 Å². The molecule has 1 aliphatic carbocycles. The predicted molar refractivity (Wildman–Crippen MR) is 117 cm³/mol. The van der Waals surface area contributed by atoms with Crippen LogP contribution in [0.3, 0.4) is 0 Å². The number of aliphatic imine (C=N–C) groups is 1. The van der Waals surface area contributed by atoms with Gasteiger partial charge in [0, 0.05) is 18.5 Å². The summed E-state index contributed by atoms with van der Waals surface area (Å²) in [6, 6.07) is 8.48. The number of amides is 1. The van der Waals surface area contributed by atoms with Crippen molar-refractivity contribution in [1.29, 1.82) is 0 Å². The fourth-order valence-electron chi connectivity index (χ4n) is 3.70. The number of rotatable bonds is 3. The molecule has 1 unspecified atom stereocenters. The van der Waals surface area contributed by atoms with E-state index in [1.807, 2.05) is 19.2 Å². The molecular formula is C22H33N3OS. The van der Waals surface area contributed by atoms with E-state index in [2.05, 4.69) is 43.1 Å². The molecule has 0 aromatic heterocycles. The Bertz CT molecular complexity index is 670. The van der Waals surface area contributed by atoms with E-state index in [4.69, 9.17) is 4.99 Å². The van der Waals surface area contributed by atoms with Gasteiger partial charge in [-0.25, -0.2) is 0 Å². The van der Waals surface area contributed by atoms with Gasteiger partial charge in [0.1, 0.15) is 6.04 Å². The van der Waals surface area contributed by atoms with Crippen molar-refractivity contribution in [3.05, 3.63) is 29.8 Å². The van der Waals surface area contributed by atoms with Crippen LogP contribution in [0.1, 0.15) is 64.9 Å². The Morgan fingerprint density at radius 2 is 1.74 bits per heavy atom. The van der Waals surface area contributed by atoms with Crippen LogP contribution in [0.15, 0.2) is 29.3 Å². The van der Waals surface area contributed by atoms with Crippen molar-refractivity contribution in [1.82, 2.24) is 4.90 Å². The SMILES string of the molecule is CN1C(=NC2CCCCCC2)SCC1C(=O)Nc1ccc(C(C)(C)C)cc1. The summed E-state index contributed by atoms with van der Waals surface area (Å²) in [4.78, 5) is 19.8. The maximum Gasteiger partial charge on any atom is 0.248 e. The summed E-state index contributed by atoms with van der Waals surface area (Å²) in [5.41, 5.74) is 2.25. The molecular weight excluding hydrogens is 354 g/mol. The van der Waals surface area contributed by atoms with Crippen molar-refractivity contribution in [3.8, 4) is 0 Å². The van der Waals surface area contributed by atoms with Gasteiger partial charge in [0.05, 0.1) is 6.04 Å². The molecule has 0 spiro atoms. The number of carbonyl (C=O) groups excluding carboxylic acids is 1. The summed E-state index contributed by atoms with van der Waals surface area (Å²) in [5, 5.41) is 4.11. The lowest BCUT2D eigenvalue weighted by atomic mass is 9.87. The molecule has 148 valence electrons. The number of nitrogens with one attached hydrogen (secondary N) is 1. The largest absolute Gasteiger partial charge is 0.342 e. The minimum Gasteiger partial charge on any atom is -0.342 e. The normalized spacial score (nSPS) is 23.5. The number of nitrogens with zero attached hydrogens (tertiary/aromatic N) is 2. The topological polar surface area (TPSA) is 44.7 Å². The van der Waals surface area contributed by atoms with E-state index in [0.717, 1.165) is 16.6 Å². The minimum atomic E-state index is -0.151. The van der Waals surface area contributed by atoms with Crippen LogP contribution in [0.2, 0.25) is 0 Å². The minimum absolute atomic E-state index is 0.0552. The van der Waals surface area contributed by atoms with Crippen molar-refractivity contribution in [3.63, 3.8) is 0 Å². The lowest BCUT2D eigenvalue weighted by molar-refractivity contribution is -0.118. The second-order valence-electron chi connectivity index (χ2n) is 8.81. The third-order valence-electron chi connectivity index (χ3n) is 5.58. The van der Waals surface area contributed by atoms with Crippen molar-refractivity contribution >= 4 is 28.5 Å². The van der Waals surface area contributed by atoms with Gasteiger partial charge in [0.15, 0.2) is 5.17 Å². The first kappa shape index (κ1) is 20.2. The molecule has 2 aliphatic rings. The fraction of sp³-hybridized carbons (Fsp3) is 0.636. The molecule has 2 fully saturated rings. The number of hydrogen-bond acceptors (Lipinski definition) is 3. The Morgan fingerprint density at radius 3 is 2.33 bits per heavy atom. The first-order chi connectivity index (χ1) is 12.8. The van der Waals surface area contributed by atoms with Crippen LogP contribution in [0.5, 0.6) is 0 Å². The van der Waals surface area contributed by atoms with Crippen LogP contribution in [0.4, 0.5) is 5.69 Å². The molecule has 1 N–H and O–H groups in total. The Hall–Kier alpha value is -1.49. The van der Waals surface area contributed by atoms with Gasteiger partial charge in [-0.3, -0.25) is 9.79 Å². The molecule has 1 aromatic rings. The standard InChI is InChI=1S/C22H33N3OS/c1-22(2,3)16-11-13-18(14-12-16)23-20(26)19-15-27-21(25(19)4)24-17-9-7-5-6-8-10-17/h11-14,17,19H,5-10,15H2,1-4H3,(H,23,26). The third-order valence-corrected chi connectivity index (χ3v) is 6.71. The molecule has 0 bridgehead atoms. The smallest absolute Gasteiger partial charge is 0.248 e. The maximum atomic E-state index is 12.8. The third kappa shape index (κ3) is 5.28. The number of anilines is 1. The lowest BCUT2D eigenvalue weighted by Crippen LogP contribution is -2.40. The number of thioether (sulfide) groups is 1. The summed E-state index contributed by atoms with van der Waals surface area (Å²) >= 11 is 1.72. The van der Waals surface area contributed by atoms with Crippen molar-refractivity contribution in [2.24, 2.45) is 4.99 Å². The highest BCUT2D eigenvalue weighted by molar-refractivity contribution is 8.14. The highest BCUT2D eigenvalue weighted by Crippen LogP contribution is 2.28. The molecule has 0 radical (unpaired) electrons. The zero-order valence-corrected chi connectivity index (χ0v) is 17.9. The van der Waals surface area contributed by atoms with Crippen LogP contribution >= 0.6 is 11.8 Å². The molecule has 5 heteroatoms. The van der Waals surface area contributed by atoms with Gasteiger partial charge in [-0.05, 0) is 36.0 Å². The predicted octanol–water partition coefficient (Wildman–Crippen LogP) is 5.05. The highest BCUT2D eigenvalue weighted by atomic mass is 32.2. The van der Waals surface area contributed by atoms with E-state index in [9.17, 15) is 4.79 Å². The van der Waals surface area contributed by atoms with Crippen molar-refractivity contribution in [2.45, 2.75) is 76.8 Å². The quantitative estimate of drug-likeness (QED) is 0.738. The molecule has 4 nitrogen and oxygen atoms in total. The highest BCUT2D eigenvalue weighted by Gasteiger charge is 2.33. The maximum absolute atomic E-state index is 12.8. The van der Waals surface area contributed by atoms with E-state index in [-0.39, 0.29) is 17.4 Å². The van der Waals surface area contributed by atoms with E-state index >= 15 is 0 Å². The zero-order chi connectivity index (χ0) is 19.4. The van der Waals surface area contributed by atoms with Crippen LogP contribution < -0.4 is 5.32 Å². The summed E-state index contributed by atoms with van der Waals surface area (Å²) in [6.45, 7) is 6.58. The van der Waals surface area contributed by atoms with Gasteiger partial charge in [0.25, 0.3) is 0 Å². The number of benzene rings is 1. The molecule has 3 rings (SSSR count). The second kappa shape index (κ2) is 8.68. The van der Waals surface area contributed by atoms with Crippen LogP contribution in [-0.4, -0.2) is 40.9 Å². The first-order valence-corrected chi connectivity index (χ1v) is 11.2. The van der Waals surface area contributed by atoms with Gasteiger partial charge >= 0.3 is 0 Å². The molecule has 1 aromatic carbocycles. The Kier molecular flexibility index (Phi) is 6.51. The number of hydrogen-bond donors (Lipinski definition) is 1. The summed E-state index contributed by atoms with van der Waals surface area (Å²) in [6.07, 6.45) is 7.62. The molecule has 1 saturated heterocycles. The number of carbonyl (C=O) groups is 1. The van der Waals surface area contributed by atoms with E-state index in [1.54, 1.807) is 11.8 Å².